The molecule has 25 heavy (non-hydrogen) atoms. The van der Waals surface area contributed by atoms with E-state index >= 15 is 0 Å². The second-order valence-corrected chi connectivity index (χ2v) is 7.47. The zero-order chi connectivity index (χ0) is 17.8. The van der Waals surface area contributed by atoms with Gasteiger partial charge >= 0.3 is 0 Å². The van der Waals surface area contributed by atoms with Gasteiger partial charge in [0.05, 0.1) is 4.90 Å². The smallest absolute Gasteiger partial charge is 0.154 e. The van der Waals surface area contributed by atoms with Crippen LogP contribution in [0.3, 0.4) is 0 Å². The van der Waals surface area contributed by atoms with Gasteiger partial charge in [-0.25, -0.2) is 18.6 Å². The average molecular weight is 363 g/mol. The van der Waals surface area contributed by atoms with Crippen molar-refractivity contribution in [3.05, 3.63) is 42.6 Å². The summed E-state index contributed by atoms with van der Waals surface area (Å²) >= 11 is 0. The van der Waals surface area contributed by atoms with Crippen LogP contribution in [-0.2, 0) is 11.0 Å². The minimum Gasteiger partial charge on any atom is -0.370 e. The molecule has 1 aromatic carbocycles. The first-order valence-electron chi connectivity index (χ1n) is 8.20. The van der Waals surface area contributed by atoms with Crippen LogP contribution in [0.5, 0.6) is 0 Å². The first-order valence-corrected chi connectivity index (χ1v) is 9.35. The molecule has 0 amide bonds. The predicted octanol–water partition coefficient (Wildman–Crippen LogP) is 2.28. The Balaban J connectivity index is 1.73. The van der Waals surface area contributed by atoms with Crippen molar-refractivity contribution < 1.29 is 8.60 Å². The lowest BCUT2D eigenvalue weighted by Gasteiger charge is -2.37. The number of piperidine rings is 1. The van der Waals surface area contributed by atoms with Crippen LogP contribution in [0.15, 0.2) is 41.7 Å². The summed E-state index contributed by atoms with van der Waals surface area (Å²) in [5.74, 6) is -0.0916. The quantitative estimate of drug-likeness (QED) is 0.883. The van der Waals surface area contributed by atoms with Crippen LogP contribution in [0.25, 0.3) is 0 Å². The molecule has 2 aromatic rings. The van der Waals surface area contributed by atoms with Gasteiger partial charge in [0, 0.05) is 31.0 Å². The number of hydrogen-bond acceptors (Lipinski definition) is 5. The normalized spacial score (nSPS) is 19.0. The van der Waals surface area contributed by atoms with Crippen molar-refractivity contribution in [1.82, 2.24) is 14.9 Å². The van der Waals surface area contributed by atoms with E-state index in [1.807, 2.05) is 6.07 Å². The molecule has 0 radical (unpaired) electrons. The SMILES string of the molecule is CN(C)C1CCCN(c2ccc(S(=O)Nc3ccncn3)c(F)c2)C1. The Bertz CT molecular complexity index is 743. The fourth-order valence-corrected chi connectivity index (χ4v) is 3.80. The largest absolute Gasteiger partial charge is 0.370 e. The molecule has 1 fully saturated rings. The number of nitrogens with one attached hydrogen (secondary N) is 1. The van der Waals surface area contributed by atoms with Crippen molar-refractivity contribution in [2.24, 2.45) is 0 Å². The zero-order valence-electron chi connectivity index (χ0n) is 14.4. The number of anilines is 2. The third kappa shape index (κ3) is 4.32. The van der Waals surface area contributed by atoms with E-state index in [-0.39, 0.29) is 4.90 Å². The third-order valence-electron chi connectivity index (χ3n) is 4.39. The molecule has 2 heterocycles. The highest BCUT2D eigenvalue weighted by molar-refractivity contribution is 7.86. The van der Waals surface area contributed by atoms with E-state index in [0.29, 0.717) is 11.9 Å². The number of hydrogen-bond donors (Lipinski definition) is 1. The molecule has 1 saturated heterocycles. The van der Waals surface area contributed by atoms with E-state index in [9.17, 15) is 8.60 Å². The summed E-state index contributed by atoms with van der Waals surface area (Å²) < 4.78 is 29.5. The van der Waals surface area contributed by atoms with Crippen LogP contribution in [0.1, 0.15) is 12.8 Å². The van der Waals surface area contributed by atoms with Crippen LogP contribution in [0, 0.1) is 5.82 Å². The van der Waals surface area contributed by atoms with Crippen molar-refractivity contribution in [1.29, 1.82) is 0 Å². The molecule has 0 bridgehead atoms. The molecule has 2 atom stereocenters. The molecule has 134 valence electrons. The average Bonchev–Trinajstić information content (AvgIpc) is 2.62. The Morgan fingerprint density at radius 3 is 2.88 bits per heavy atom. The van der Waals surface area contributed by atoms with E-state index in [1.54, 1.807) is 12.1 Å². The maximum atomic E-state index is 14.5. The summed E-state index contributed by atoms with van der Waals surface area (Å²) in [5.41, 5.74) is 0.826. The maximum absolute atomic E-state index is 14.5. The van der Waals surface area contributed by atoms with Crippen molar-refractivity contribution in [2.45, 2.75) is 23.8 Å². The van der Waals surface area contributed by atoms with Gasteiger partial charge in [0.1, 0.15) is 18.0 Å². The lowest BCUT2D eigenvalue weighted by molar-refractivity contribution is 0.258. The first-order chi connectivity index (χ1) is 12.0. The van der Waals surface area contributed by atoms with Gasteiger partial charge in [0.25, 0.3) is 0 Å². The highest BCUT2D eigenvalue weighted by atomic mass is 32.2. The number of halogens is 1. The minimum absolute atomic E-state index is 0.114. The van der Waals surface area contributed by atoms with Gasteiger partial charge in [-0.15, -0.1) is 0 Å². The van der Waals surface area contributed by atoms with Crippen molar-refractivity contribution in [3.8, 4) is 0 Å². The van der Waals surface area contributed by atoms with E-state index in [4.69, 9.17) is 0 Å². The second kappa shape index (κ2) is 7.88. The van der Waals surface area contributed by atoms with Crippen LogP contribution < -0.4 is 9.62 Å². The molecular weight excluding hydrogens is 341 g/mol. The van der Waals surface area contributed by atoms with E-state index in [0.717, 1.165) is 31.6 Å². The minimum atomic E-state index is -1.72. The fraction of sp³-hybridized carbons (Fsp3) is 0.412. The Morgan fingerprint density at radius 2 is 2.20 bits per heavy atom. The second-order valence-electron chi connectivity index (χ2n) is 6.29. The van der Waals surface area contributed by atoms with E-state index in [2.05, 4.69) is 38.6 Å². The highest BCUT2D eigenvalue weighted by Crippen LogP contribution is 2.25. The summed E-state index contributed by atoms with van der Waals surface area (Å²) in [5, 5.41) is 0. The molecule has 8 heteroatoms. The highest BCUT2D eigenvalue weighted by Gasteiger charge is 2.22. The lowest BCUT2D eigenvalue weighted by atomic mass is 10.0. The molecule has 1 N–H and O–H groups in total. The molecule has 3 rings (SSSR count). The zero-order valence-corrected chi connectivity index (χ0v) is 15.2. The molecule has 6 nitrogen and oxygen atoms in total. The Hall–Kier alpha value is -2.06. The van der Waals surface area contributed by atoms with Crippen molar-refractivity contribution in [3.63, 3.8) is 0 Å². The number of likely N-dealkylation sites (N-methyl/N-ethyl adjacent to an activating group) is 1. The topological polar surface area (TPSA) is 61.4 Å². The summed E-state index contributed by atoms with van der Waals surface area (Å²) in [7, 11) is 2.42. The number of rotatable bonds is 5. The van der Waals surface area contributed by atoms with Gasteiger partial charge in [-0.2, -0.15) is 0 Å². The Morgan fingerprint density at radius 1 is 1.36 bits per heavy atom. The van der Waals surface area contributed by atoms with Crippen molar-refractivity contribution in [2.75, 3.05) is 36.8 Å². The molecule has 0 spiro atoms. The van der Waals surface area contributed by atoms with Crippen LogP contribution in [-0.4, -0.2) is 52.3 Å². The summed E-state index contributed by atoms with van der Waals surface area (Å²) in [6.07, 6.45) is 5.10. The molecule has 1 aliphatic rings. The maximum Gasteiger partial charge on any atom is 0.154 e. The summed E-state index contributed by atoms with van der Waals surface area (Å²) in [6.45, 7) is 1.78. The van der Waals surface area contributed by atoms with Gasteiger partial charge in [-0.05, 0) is 51.2 Å². The number of aromatic nitrogens is 2. The standard InChI is InChI=1S/C17H22FN5OS/c1-22(2)14-4-3-9-23(11-14)13-5-6-16(15(18)10-13)25(24)21-17-7-8-19-12-20-17/h5-8,10,12,14H,3-4,9,11H2,1-2H3,(H,19,20,21). The Kier molecular flexibility index (Phi) is 5.60. The lowest BCUT2D eigenvalue weighted by Crippen LogP contribution is -2.45. The summed E-state index contributed by atoms with van der Waals surface area (Å²) in [6, 6.07) is 6.92. The van der Waals surface area contributed by atoms with Crippen LogP contribution in [0.4, 0.5) is 15.9 Å². The van der Waals surface area contributed by atoms with E-state index in [1.165, 1.54) is 18.6 Å². The van der Waals surface area contributed by atoms with Gasteiger partial charge in [0.15, 0.2) is 11.0 Å². The van der Waals surface area contributed by atoms with Gasteiger partial charge in [0.2, 0.25) is 0 Å². The molecule has 1 aliphatic heterocycles. The van der Waals surface area contributed by atoms with Crippen LogP contribution in [0.2, 0.25) is 0 Å². The van der Waals surface area contributed by atoms with Crippen molar-refractivity contribution >= 4 is 22.5 Å². The van der Waals surface area contributed by atoms with Gasteiger partial charge < -0.3 is 9.80 Å². The predicted molar refractivity (Wildman–Crippen MR) is 97.4 cm³/mol. The fourth-order valence-electron chi connectivity index (χ4n) is 2.95. The number of benzene rings is 1. The molecule has 2 unspecified atom stereocenters. The van der Waals surface area contributed by atoms with Gasteiger partial charge in [-0.1, -0.05) is 0 Å². The van der Waals surface area contributed by atoms with E-state index < -0.39 is 16.8 Å². The molecule has 0 saturated carbocycles. The Labute approximate surface area is 149 Å². The third-order valence-corrected chi connectivity index (χ3v) is 5.51. The van der Waals surface area contributed by atoms with Crippen LogP contribution >= 0.6 is 0 Å². The number of nitrogens with zero attached hydrogens (tertiary/aromatic N) is 4. The molecule has 1 aromatic heterocycles. The summed E-state index contributed by atoms with van der Waals surface area (Å²) in [4.78, 5) is 12.2. The molecular formula is C17H22FN5OS. The monoisotopic (exact) mass is 363 g/mol. The first kappa shape index (κ1) is 17.8. The molecule has 0 aliphatic carbocycles. The van der Waals surface area contributed by atoms with Gasteiger partial charge in [-0.3, -0.25) is 4.72 Å².